The lowest BCUT2D eigenvalue weighted by molar-refractivity contribution is -0.123. The summed E-state index contributed by atoms with van der Waals surface area (Å²) >= 11 is 1.49. The van der Waals surface area contributed by atoms with E-state index in [4.69, 9.17) is 5.73 Å². The predicted octanol–water partition coefficient (Wildman–Crippen LogP) is 2.91. The second-order valence-electron chi connectivity index (χ2n) is 5.13. The average Bonchev–Trinajstić information content (AvgIpc) is 2.91. The normalized spacial score (nSPS) is 11.6. The van der Waals surface area contributed by atoms with E-state index in [1.54, 1.807) is 26.0 Å². The molecule has 0 unspecified atom stereocenters. The second kappa shape index (κ2) is 5.73. The van der Waals surface area contributed by atoms with Gasteiger partial charge in [0.25, 0.3) is 0 Å². The summed E-state index contributed by atoms with van der Waals surface area (Å²) in [4.78, 5) is 12.1. The van der Waals surface area contributed by atoms with E-state index >= 15 is 0 Å². The number of halogens is 1. The molecule has 3 nitrogen and oxygen atoms in total. The summed E-state index contributed by atoms with van der Waals surface area (Å²) in [5.41, 5.74) is 6.00. The van der Waals surface area contributed by atoms with Crippen molar-refractivity contribution in [1.29, 1.82) is 0 Å². The summed E-state index contributed by atoms with van der Waals surface area (Å²) in [7, 11) is 0. The van der Waals surface area contributed by atoms with Gasteiger partial charge in [0.1, 0.15) is 5.82 Å². The van der Waals surface area contributed by atoms with E-state index in [9.17, 15) is 9.18 Å². The van der Waals surface area contributed by atoms with Crippen LogP contribution in [0.4, 0.5) is 4.39 Å². The Morgan fingerprint density at radius 2 is 2.15 bits per heavy atom. The van der Waals surface area contributed by atoms with Crippen LogP contribution in [0.5, 0.6) is 0 Å². The number of benzene rings is 1. The Hall–Kier alpha value is -1.72. The average molecular weight is 292 g/mol. The number of nitrogens with one attached hydrogen (secondary N) is 1. The van der Waals surface area contributed by atoms with Crippen molar-refractivity contribution in [3.8, 4) is 10.4 Å². The third-order valence-corrected chi connectivity index (χ3v) is 4.07. The standard InChI is InChI=1S/C15H17FN2OS/c1-15(2,14(17)19)18-9-10-5-6-12(16)11(8-10)13-4-3-7-20-13/h3-8,18H,9H2,1-2H3,(H2,17,19). The number of hydrogen-bond acceptors (Lipinski definition) is 3. The van der Waals surface area contributed by atoms with E-state index in [1.807, 2.05) is 17.5 Å². The molecule has 1 aromatic heterocycles. The van der Waals surface area contributed by atoms with Crippen LogP contribution in [0.25, 0.3) is 10.4 Å². The van der Waals surface area contributed by atoms with Crippen LogP contribution >= 0.6 is 11.3 Å². The number of hydrogen-bond donors (Lipinski definition) is 2. The number of carbonyl (C=O) groups excluding carboxylic acids is 1. The van der Waals surface area contributed by atoms with Crippen molar-refractivity contribution in [3.63, 3.8) is 0 Å². The Morgan fingerprint density at radius 3 is 2.75 bits per heavy atom. The van der Waals surface area contributed by atoms with Crippen LogP contribution < -0.4 is 11.1 Å². The number of amides is 1. The van der Waals surface area contributed by atoms with Crippen LogP contribution in [0.2, 0.25) is 0 Å². The molecule has 0 radical (unpaired) electrons. The van der Waals surface area contributed by atoms with E-state index in [0.29, 0.717) is 12.1 Å². The zero-order valence-corrected chi connectivity index (χ0v) is 12.3. The van der Waals surface area contributed by atoms with Gasteiger partial charge in [-0.25, -0.2) is 4.39 Å². The monoisotopic (exact) mass is 292 g/mol. The molecule has 1 aromatic carbocycles. The van der Waals surface area contributed by atoms with Gasteiger partial charge in [-0.3, -0.25) is 10.1 Å². The molecular formula is C15H17FN2OS. The first-order chi connectivity index (χ1) is 9.40. The lowest BCUT2D eigenvalue weighted by Gasteiger charge is -2.22. The molecule has 2 rings (SSSR count). The molecule has 0 spiro atoms. The highest BCUT2D eigenvalue weighted by atomic mass is 32.1. The number of carbonyl (C=O) groups is 1. The topological polar surface area (TPSA) is 55.1 Å². The molecule has 0 saturated heterocycles. The summed E-state index contributed by atoms with van der Waals surface area (Å²) in [5.74, 6) is -0.663. The van der Waals surface area contributed by atoms with E-state index < -0.39 is 11.4 Å². The van der Waals surface area contributed by atoms with Gasteiger partial charge in [0, 0.05) is 17.0 Å². The van der Waals surface area contributed by atoms with Gasteiger partial charge in [0.05, 0.1) is 5.54 Å². The molecule has 0 bridgehead atoms. The van der Waals surface area contributed by atoms with Gasteiger partial charge in [-0.2, -0.15) is 0 Å². The van der Waals surface area contributed by atoms with Crippen molar-refractivity contribution in [2.75, 3.05) is 0 Å². The predicted molar refractivity (Wildman–Crippen MR) is 79.8 cm³/mol. The molecule has 5 heteroatoms. The van der Waals surface area contributed by atoms with E-state index in [-0.39, 0.29) is 5.82 Å². The Morgan fingerprint density at radius 1 is 1.40 bits per heavy atom. The van der Waals surface area contributed by atoms with Gasteiger partial charge < -0.3 is 5.73 Å². The lowest BCUT2D eigenvalue weighted by Crippen LogP contribution is -2.50. The highest BCUT2D eigenvalue weighted by Crippen LogP contribution is 2.28. The van der Waals surface area contributed by atoms with E-state index in [2.05, 4.69) is 5.32 Å². The fourth-order valence-corrected chi connectivity index (χ4v) is 2.46. The van der Waals surface area contributed by atoms with Crippen molar-refractivity contribution >= 4 is 17.2 Å². The highest BCUT2D eigenvalue weighted by molar-refractivity contribution is 7.13. The largest absolute Gasteiger partial charge is 0.368 e. The third-order valence-electron chi connectivity index (χ3n) is 3.17. The zero-order chi connectivity index (χ0) is 14.8. The van der Waals surface area contributed by atoms with Gasteiger partial charge in [0.15, 0.2) is 0 Å². The van der Waals surface area contributed by atoms with Crippen molar-refractivity contribution in [1.82, 2.24) is 5.32 Å². The molecule has 0 saturated carbocycles. The number of primary amides is 1. The second-order valence-corrected chi connectivity index (χ2v) is 6.08. The quantitative estimate of drug-likeness (QED) is 0.890. The summed E-state index contributed by atoms with van der Waals surface area (Å²) in [6.45, 7) is 3.90. The van der Waals surface area contributed by atoms with Crippen molar-refractivity contribution in [2.45, 2.75) is 25.9 Å². The minimum absolute atomic E-state index is 0.245. The molecule has 0 aliphatic carbocycles. The van der Waals surface area contributed by atoms with Gasteiger partial charge in [0.2, 0.25) is 5.91 Å². The molecule has 3 N–H and O–H groups in total. The minimum atomic E-state index is -0.794. The minimum Gasteiger partial charge on any atom is -0.368 e. The Kier molecular flexibility index (Phi) is 4.20. The maximum Gasteiger partial charge on any atom is 0.237 e. The SMILES string of the molecule is CC(C)(NCc1ccc(F)c(-c2cccs2)c1)C(N)=O. The lowest BCUT2D eigenvalue weighted by atomic mass is 10.0. The Balaban J connectivity index is 2.19. The molecule has 106 valence electrons. The van der Waals surface area contributed by atoms with Crippen molar-refractivity contribution in [2.24, 2.45) is 5.73 Å². The first-order valence-electron chi connectivity index (χ1n) is 6.27. The molecule has 1 heterocycles. The molecule has 0 atom stereocenters. The summed E-state index contributed by atoms with van der Waals surface area (Å²) < 4.78 is 13.8. The summed E-state index contributed by atoms with van der Waals surface area (Å²) in [6.07, 6.45) is 0. The smallest absolute Gasteiger partial charge is 0.237 e. The summed E-state index contributed by atoms with van der Waals surface area (Å²) in [5, 5.41) is 4.99. The molecule has 2 aromatic rings. The fraction of sp³-hybridized carbons (Fsp3) is 0.267. The molecule has 0 aliphatic heterocycles. The number of rotatable bonds is 5. The molecule has 0 fully saturated rings. The molecule has 0 aliphatic rings. The van der Waals surface area contributed by atoms with Crippen molar-refractivity contribution < 1.29 is 9.18 Å². The van der Waals surface area contributed by atoms with Crippen LogP contribution in [0.15, 0.2) is 35.7 Å². The Labute approximate surface area is 121 Å². The van der Waals surface area contributed by atoms with Gasteiger partial charge in [-0.15, -0.1) is 11.3 Å². The first kappa shape index (κ1) is 14.7. The number of nitrogens with two attached hydrogens (primary N) is 1. The van der Waals surface area contributed by atoms with Crippen LogP contribution in [-0.2, 0) is 11.3 Å². The maximum atomic E-state index is 13.8. The number of thiophene rings is 1. The van der Waals surface area contributed by atoms with Gasteiger partial charge >= 0.3 is 0 Å². The highest BCUT2D eigenvalue weighted by Gasteiger charge is 2.23. The van der Waals surface area contributed by atoms with Crippen LogP contribution in [0, 0.1) is 5.82 Å². The molecular weight excluding hydrogens is 275 g/mol. The van der Waals surface area contributed by atoms with Crippen LogP contribution in [-0.4, -0.2) is 11.4 Å². The van der Waals surface area contributed by atoms with E-state index in [1.165, 1.54) is 17.4 Å². The zero-order valence-electron chi connectivity index (χ0n) is 11.4. The summed E-state index contributed by atoms with van der Waals surface area (Å²) in [6, 6.07) is 8.72. The van der Waals surface area contributed by atoms with Crippen molar-refractivity contribution in [3.05, 3.63) is 47.1 Å². The van der Waals surface area contributed by atoms with Gasteiger partial charge in [-0.05, 0) is 43.0 Å². The van der Waals surface area contributed by atoms with Crippen LogP contribution in [0.3, 0.4) is 0 Å². The first-order valence-corrected chi connectivity index (χ1v) is 7.15. The third kappa shape index (κ3) is 3.23. The Bertz CT molecular complexity index is 608. The maximum absolute atomic E-state index is 13.8. The molecule has 1 amide bonds. The van der Waals surface area contributed by atoms with Gasteiger partial charge in [-0.1, -0.05) is 12.1 Å². The van der Waals surface area contributed by atoms with Crippen LogP contribution in [0.1, 0.15) is 19.4 Å². The fourth-order valence-electron chi connectivity index (χ4n) is 1.71. The molecule has 20 heavy (non-hydrogen) atoms. The van der Waals surface area contributed by atoms with E-state index in [0.717, 1.165) is 10.4 Å².